The van der Waals surface area contributed by atoms with Gasteiger partial charge in [-0.15, -0.1) is 0 Å². The molecule has 2 aliphatic carbocycles. The Morgan fingerprint density at radius 1 is 1.27 bits per heavy atom. The molecule has 5 rings (SSSR count). The van der Waals surface area contributed by atoms with E-state index in [0.717, 1.165) is 42.7 Å². The maximum atomic E-state index is 11.6. The van der Waals surface area contributed by atoms with E-state index in [2.05, 4.69) is 29.8 Å². The number of rotatable bonds is 4. The fourth-order valence-corrected chi connectivity index (χ4v) is 6.39. The van der Waals surface area contributed by atoms with E-state index in [0.29, 0.717) is 0 Å². The highest BCUT2D eigenvalue weighted by Gasteiger charge is 2.51. The van der Waals surface area contributed by atoms with Crippen LogP contribution in [-0.2, 0) is 12.0 Å². The lowest BCUT2D eigenvalue weighted by atomic mass is 9.55. The summed E-state index contributed by atoms with van der Waals surface area (Å²) in [6.45, 7) is 4.35. The van der Waals surface area contributed by atoms with Gasteiger partial charge in [0.2, 0.25) is 0 Å². The van der Waals surface area contributed by atoms with Crippen LogP contribution in [0, 0.1) is 11.3 Å². The third-order valence-electron chi connectivity index (χ3n) is 7.30. The van der Waals surface area contributed by atoms with Crippen molar-refractivity contribution in [2.75, 3.05) is 7.11 Å². The van der Waals surface area contributed by atoms with Crippen LogP contribution in [0.3, 0.4) is 0 Å². The van der Waals surface area contributed by atoms with Crippen LogP contribution < -0.4 is 4.74 Å². The van der Waals surface area contributed by atoms with Crippen molar-refractivity contribution in [1.82, 2.24) is 9.78 Å². The second kappa shape index (κ2) is 7.10. The molecule has 2 aromatic heterocycles. The van der Waals surface area contributed by atoms with Gasteiger partial charge in [0, 0.05) is 5.92 Å². The first-order valence-electron chi connectivity index (χ1n) is 10.6. The van der Waals surface area contributed by atoms with Gasteiger partial charge in [-0.1, -0.05) is 12.5 Å². The van der Waals surface area contributed by atoms with Gasteiger partial charge in [0.15, 0.2) is 0 Å². The summed E-state index contributed by atoms with van der Waals surface area (Å²) >= 11 is 1.65. The van der Waals surface area contributed by atoms with E-state index in [4.69, 9.17) is 9.84 Å². The number of benzene rings is 1. The highest BCUT2D eigenvalue weighted by Crippen LogP contribution is 2.56. The fourth-order valence-electron chi connectivity index (χ4n) is 5.63. The van der Waals surface area contributed by atoms with Crippen LogP contribution in [0.5, 0.6) is 5.75 Å². The molecule has 3 aromatic rings. The van der Waals surface area contributed by atoms with Gasteiger partial charge in [0.1, 0.15) is 5.75 Å². The average molecular weight is 421 g/mol. The topological polar surface area (TPSA) is 47.3 Å². The zero-order valence-corrected chi connectivity index (χ0v) is 18.6. The van der Waals surface area contributed by atoms with Gasteiger partial charge in [-0.05, 0) is 96.3 Å². The van der Waals surface area contributed by atoms with E-state index < -0.39 is 5.60 Å². The number of ether oxygens (including phenoxy) is 1. The molecule has 2 heterocycles. The zero-order chi connectivity index (χ0) is 20.9. The number of hydrogen-bond acceptors (Lipinski definition) is 4. The van der Waals surface area contributed by atoms with E-state index in [-0.39, 0.29) is 11.3 Å². The number of fused-ring (bicyclic) bond motifs is 2. The number of hydrogen-bond donors (Lipinski definition) is 1. The summed E-state index contributed by atoms with van der Waals surface area (Å²) in [5.74, 6) is 1.02. The van der Waals surface area contributed by atoms with E-state index >= 15 is 0 Å². The van der Waals surface area contributed by atoms with Crippen LogP contribution in [0.4, 0.5) is 0 Å². The molecule has 0 spiro atoms. The zero-order valence-electron chi connectivity index (χ0n) is 17.8. The standard InChI is InChI=1S/C25H28N2O2S/c1-24-14-17-15-26-27(20-7-9-21(29-3)10-8-20)22(17)13-18(24)5-4-6-23(24)25(2,28)19-11-12-30-16-19/h7-13,15-16,23,28H,4-6,14H2,1-3H3/t23-,24-,25-/m0/s1. The van der Waals surface area contributed by atoms with Crippen molar-refractivity contribution >= 4 is 17.4 Å². The maximum Gasteiger partial charge on any atom is 0.119 e. The average Bonchev–Trinajstić information content (AvgIpc) is 3.41. The summed E-state index contributed by atoms with van der Waals surface area (Å²) < 4.78 is 7.32. The van der Waals surface area contributed by atoms with Crippen molar-refractivity contribution in [2.24, 2.45) is 11.3 Å². The Morgan fingerprint density at radius 2 is 2.07 bits per heavy atom. The van der Waals surface area contributed by atoms with Crippen LogP contribution in [0.1, 0.15) is 49.9 Å². The van der Waals surface area contributed by atoms with Crippen molar-refractivity contribution in [1.29, 1.82) is 0 Å². The molecule has 3 atom stereocenters. The molecule has 4 nitrogen and oxygen atoms in total. The lowest BCUT2D eigenvalue weighted by Crippen LogP contribution is -2.47. The second-order valence-electron chi connectivity index (χ2n) is 9.03. The summed E-state index contributed by atoms with van der Waals surface area (Å²) in [4.78, 5) is 0. The summed E-state index contributed by atoms with van der Waals surface area (Å²) in [7, 11) is 1.68. The number of allylic oxidation sites excluding steroid dienone is 1. The SMILES string of the molecule is COc1ccc(-n2ncc3c2C=C2CCC[C@H]([C@@](C)(O)c4ccsc4)[C@@]2(C)C3)cc1. The van der Waals surface area contributed by atoms with Crippen molar-refractivity contribution in [3.63, 3.8) is 0 Å². The van der Waals surface area contributed by atoms with Crippen molar-refractivity contribution < 1.29 is 9.84 Å². The van der Waals surface area contributed by atoms with E-state index in [1.807, 2.05) is 42.1 Å². The number of aromatic nitrogens is 2. The maximum absolute atomic E-state index is 11.6. The minimum atomic E-state index is -0.836. The van der Waals surface area contributed by atoms with Gasteiger partial charge in [-0.3, -0.25) is 0 Å². The van der Waals surface area contributed by atoms with E-state index in [1.54, 1.807) is 18.4 Å². The molecule has 0 unspecified atom stereocenters. The summed E-state index contributed by atoms with van der Waals surface area (Å²) in [5.41, 5.74) is 5.04. The molecule has 0 radical (unpaired) electrons. The summed E-state index contributed by atoms with van der Waals surface area (Å²) in [6.07, 6.45) is 8.49. The molecule has 1 fully saturated rings. The van der Waals surface area contributed by atoms with E-state index in [1.165, 1.54) is 16.8 Å². The van der Waals surface area contributed by atoms with Crippen molar-refractivity contribution in [2.45, 2.75) is 45.1 Å². The quantitative estimate of drug-likeness (QED) is 0.598. The molecule has 1 aromatic carbocycles. The Labute approximate surface area is 181 Å². The first-order chi connectivity index (χ1) is 14.4. The fraction of sp³-hybridized carbons (Fsp3) is 0.400. The molecule has 0 saturated heterocycles. The number of nitrogens with zero attached hydrogens (tertiary/aromatic N) is 2. The molecule has 156 valence electrons. The number of methoxy groups -OCH3 is 1. The Kier molecular flexibility index (Phi) is 4.64. The van der Waals surface area contributed by atoms with Gasteiger partial charge in [0.05, 0.1) is 30.3 Å². The van der Waals surface area contributed by atoms with E-state index in [9.17, 15) is 5.11 Å². The predicted molar refractivity (Wildman–Crippen MR) is 121 cm³/mol. The lowest BCUT2D eigenvalue weighted by Gasteiger charge is -2.51. The molecular formula is C25H28N2O2S. The minimum Gasteiger partial charge on any atom is -0.497 e. The third-order valence-corrected chi connectivity index (χ3v) is 7.98. The van der Waals surface area contributed by atoms with Crippen molar-refractivity contribution in [3.05, 3.63) is 69.7 Å². The molecule has 5 heteroatoms. The number of thiophene rings is 1. The third kappa shape index (κ3) is 2.95. The van der Waals surface area contributed by atoms with Crippen LogP contribution in [0.2, 0.25) is 0 Å². The Morgan fingerprint density at radius 3 is 2.77 bits per heavy atom. The molecule has 1 saturated carbocycles. The smallest absolute Gasteiger partial charge is 0.119 e. The molecule has 0 amide bonds. The summed E-state index contributed by atoms with van der Waals surface area (Å²) in [5, 5.41) is 20.5. The van der Waals surface area contributed by atoms with Gasteiger partial charge < -0.3 is 9.84 Å². The van der Waals surface area contributed by atoms with Crippen molar-refractivity contribution in [3.8, 4) is 11.4 Å². The molecule has 30 heavy (non-hydrogen) atoms. The van der Waals surface area contributed by atoms with Gasteiger partial charge in [-0.25, -0.2) is 4.68 Å². The highest BCUT2D eigenvalue weighted by molar-refractivity contribution is 7.08. The first-order valence-corrected chi connectivity index (χ1v) is 11.5. The first kappa shape index (κ1) is 19.6. The molecular weight excluding hydrogens is 392 g/mol. The predicted octanol–water partition coefficient (Wildman–Crippen LogP) is 5.60. The highest BCUT2D eigenvalue weighted by atomic mass is 32.1. The monoisotopic (exact) mass is 420 g/mol. The normalized spacial score (nSPS) is 25.1. The van der Waals surface area contributed by atoms with Crippen LogP contribution >= 0.6 is 11.3 Å². The summed E-state index contributed by atoms with van der Waals surface area (Å²) in [6, 6.07) is 10.1. The van der Waals surface area contributed by atoms with Gasteiger partial charge in [0.25, 0.3) is 0 Å². The van der Waals surface area contributed by atoms with Crippen LogP contribution in [-0.4, -0.2) is 22.0 Å². The van der Waals surface area contributed by atoms with Gasteiger partial charge in [-0.2, -0.15) is 16.4 Å². The molecule has 2 aliphatic rings. The lowest BCUT2D eigenvalue weighted by molar-refractivity contribution is -0.0656. The molecule has 0 bridgehead atoms. The van der Waals surface area contributed by atoms with Crippen LogP contribution in [0.15, 0.2) is 52.9 Å². The number of aliphatic hydroxyl groups is 1. The van der Waals surface area contributed by atoms with Crippen LogP contribution in [0.25, 0.3) is 11.8 Å². The Bertz CT molecular complexity index is 1080. The minimum absolute atomic E-state index is 0.0650. The van der Waals surface area contributed by atoms with Gasteiger partial charge >= 0.3 is 0 Å². The second-order valence-corrected chi connectivity index (χ2v) is 9.81. The Balaban J connectivity index is 1.54. The largest absolute Gasteiger partial charge is 0.497 e. The Hall–Kier alpha value is -2.37. The molecule has 1 N–H and O–H groups in total. The molecule has 0 aliphatic heterocycles.